The third-order valence-corrected chi connectivity index (χ3v) is 3.81. The lowest BCUT2D eigenvalue weighted by molar-refractivity contribution is 0.355. The Labute approximate surface area is 116 Å². The molecule has 0 saturated heterocycles. The van der Waals surface area contributed by atoms with Gasteiger partial charge in [-0.1, -0.05) is 6.92 Å². The van der Waals surface area contributed by atoms with Gasteiger partial charge >= 0.3 is 0 Å². The molecule has 1 atom stereocenters. The van der Waals surface area contributed by atoms with Crippen LogP contribution in [0.3, 0.4) is 0 Å². The highest BCUT2D eigenvalue weighted by Gasteiger charge is 2.13. The third-order valence-electron chi connectivity index (χ3n) is 2.88. The summed E-state index contributed by atoms with van der Waals surface area (Å²) in [6.45, 7) is 11.9. The highest BCUT2D eigenvalue weighted by Crippen LogP contribution is 2.13. The molecule has 1 heterocycles. The number of hydrogen-bond donors (Lipinski definition) is 1. The number of aromatic nitrogens is 2. The molecule has 0 aliphatic carbocycles. The number of hydrogen-bond acceptors (Lipinski definition) is 3. The fourth-order valence-electron chi connectivity index (χ4n) is 1.62. The Morgan fingerprint density at radius 3 is 2.72 bits per heavy atom. The van der Waals surface area contributed by atoms with Crippen molar-refractivity contribution >= 4 is 11.8 Å². The number of nitrogens with one attached hydrogen (secondary N) is 1. The van der Waals surface area contributed by atoms with E-state index in [0.717, 1.165) is 6.54 Å². The Bertz CT molecular complexity index is 341. The largest absolute Gasteiger partial charge is 0.310 e. The zero-order valence-corrected chi connectivity index (χ0v) is 13.2. The Morgan fingerprint density at radius 2 is 2.17 bits per heavy atom. The van der Waals surface area contributed by atoms with Crippen LogP contribution in [0.4, 0.5) is 0 Å². The summed E-state index contributed by atoms with van der Waals surface area (Å²) in [5.41, 5.74) is 1.33. The van der Waals surface area contributed by atoms with Crippen LogP contribution in [0.2, 0.25) is 0 Å². The van der Waals surface area contributed by atoms with Crippen molar-refractivity contribution in [2.75, 3.05) is 11.5 Å². The van der Waals surface area contributed by atoms with E-state index in [9.17, 15) is 0 Å². The van der Waals surface area contributed by atoms with Gasteiger partial charge in [0.1, 0.15) is 0 Å². The molecule has 1 unspecified atom stereocenters. The highest BCUT2D eigenvalue weighted by molar-refractivity contribution is 7.99. The van der Waals surface area contributed by atoms with Crippen molar-refractivity contribution in [3.8, 4) is 0 Å². The molecule has 1 N–H and O–H groups in total. The molecular formula is C14H27N3S. The summed E-state index contributed by atoms with van der Waals surface area (Å²) in [7, 11) is 0. The summed E-state index contributed by atoms with van der Waals surface area (Å²) in [5.74, 6) is 2.46. The van der Waals surface area contributed by atoms with Crippen molar-refractivity contribution < 1.29 is 0 Å². The molecule has 0 radical (unpaired) electrons. The van der Waals surface area contributed by atoms with Crippen LogP contribution in [0.15, 0.2) is 12.4 Å². The summed E-state index contributed by atoms with van der Waals surface area (Å²) in [4.78, 5) is 0. The van der Waals surface area contributed by atoms with E-state index in [1.54, 1.807) is 0 Å². The Balaban J connectivity index is 2.33. The fraction of sp³-hybridized carbons (Fsp3) is 0.786. The van der Waals surface area contributed by atoms with Crippen LogP contribution in [0.25, 0.3) is 0 Å². The molecule has 0 aliphatic heterocycles. The van der Waals surface area contributed by atoms with Gasteiger partial charge in [0.15, 0.2) is 0 Å². The Hall–Kier alpha value is -0.480. The minimum Gasteiger partial charge on any atom is -0.310 e. The predicted molar refractivity (Wildman–Crippen MR) is 81.1 cm³/mol. The molecule has 3 nitrogen and oxygen atoms in total. The Kier molecular flexibility index (Phi) is 6.22. The van der Waals surface area contributed by atoms with Crippen LogP contribution in [-0.2, 0) is 12.1 Å². The quantitative estimate of drug-likeness (QED) is 0.771. The van der Waals surface area contributed by atoms with Crippen molar-refractivity contribution in [3.05, 3.63) is 18.0 Å². The number of thioether (sulfide) groups is 1. The zero-order chi connectivity index (χ0) is 13.6. The fourth-order valence-corrected chi connectivity index (χ4v) is 2.43. The van der Waals surface area contributed by atoms with Gasteiger partial charge in [-0.2, -0.15) is 16.9 Å². The molecule has 0 amide bonds. The molecular weight excluding hydrogens is 242 g/mol. The van der Waals surface area contributed by atoms with Gasteiger partial charge in [0, 0.05) is 24.3 Å². The average Bonchev–Trinajstić information content (AvgIpc) is 2.75. The molecule has 1 aromatic rings. The molecule has 18 heavy (non-hydrogen) atoms. The van der Waals surface area contributed by atoms with E-state index in [1.807, 2.05) is 22.6 Å². The van der Waals surface area contributed by atoms with Crippen molar-refractivity contribution in [1.82, 2.24) is 15.1 Å². The van der Waals surface area contributed by atoms with Gasteiger partial charge < -0.3 is 5.32 Å². The summed E-state index contributed by atoms with van der Waals surface area (Å²) < 4.78 is 2.03. The molecule has 0 spiro atoms. The number of nitrogens with zero attached hydrogens (tertiary/aromatic N) is 2. The van der Waals surface area contributed by atoms with Gasteiger partial charge in [-0.3, -0.25) is 4.68 Å². The first kappa shape index (κ1) is 15.6. The monoisotopic (exact) mass is 269 g/mol. The molecule has 0 bridgehead atoms. The van der Waals surface area contributed by atoms with Crippen LogP contribution in [0, 0.1) is 0 Å². The summed E-state index contributed by atoms with van der Waals surface area (Å²) in [6.07, 6.45) is 5.33. The molecule has 0 fully saturated rings. The van der Waals surface area contributed by atoms with Crippen LogP contribution in [0.1, 0.15) is 46.6 Å². The molecule has 0 aromatic carbocycles. The smallest absolute Gasteiger partial charge is 0.0543 e. The SMILES string of the molecule is CCSCCC(C)NCc1cnn(C(C)(C)C)c1. The van der Waals surface area contributed by atoms with Gasteiger partial charge in [-0.15, -0.1) is 0 Å². The van der Waals surface area contributed by atoms with E-state index in [1.165, 1.54) is 23.5 Å². The van der Waals surface area contributed by atoms with E-state index in [4.69, 9.17) is 0 Å². The zero-order valence-electron chi connectivity index (χ0n) is 12.4. The van der Waals surface area contributed by atoms with Crippen molar-refractivity contribution in [2.24, 2.45) is 0 Å². The predicted octanol–water partition coefficient (Wildman–Crippen LogP) is 3.26. The summed E-state index contributed by atoms with van der Waals surface area (Å²) in [6, 6.07) is 0.571. The minimum absolute atomic E-state index is 0.0711. The van der Waals surface area contributed by atoms with E-state index in [-0.39, 0.29) is 5.54 Å². The van der Waals surface area contributed by atoms with Crippen molar-refractivity contribution in [2.45, 2.75) is 59.2 Å². The second-order valence-corrected chi connectivity index (χ2v) is 7.13. The van der Waals surface area contributed by atoms with Crippen LogP contribution < -0.4 is 5.32 Å². The summed E-state index contributed by atoms with van der Waals surface area (Å²) in [5, 5.41) is 7.97. The molecule has 104 valence electrons. The lowest BCUT2D eigenvalue weighted by Gasteiger charge is -2.18. The lowest BCUT2D eigenvalue weighted by Crippen LogP contribution is -2.26. The van der Waals surface area contributed by atoms with E-state index < -0.39 is 0 Å². The molecule has 1 rings (SSSR count). The maximum atomic E-state index is 4.41. The van der Waals surface area contributed by atoms with Gasteiger partial charge in [-0.05, 0) is 45.6 Å². The summed E-state index contributed by atoms with van der Waals surface area (Å²) >= 11 is 2.01. The minimum atomic E-state index is 0.0711. The maximum Gasteiger partial charge on any atom is 0.0543 e. The average molecular weight is 269 g/mol. The maximum absolute atomic E-state index is 4.41. The third kappa shape index (κ3) is 5.44. The van der Waals surface area contributed by atoms with Crippen molar-refractivity contribution in [3.63, 3.8) is 0 Å². The molecule has 1 aromatic heterocycles. The topological polar surface area (TPSA) is 29.9 Å². The van der Waals surface area contributed by atoms with Gasteiger partial charge in [-0.25, -0.2) is 0 Å². The number of rotatable bonds is 7. The normalized spacial score (nSPS) is 13.8. The van der Waals surface area contributed by atoms with Gasteiger partial charge in [0.05, 0.1) is 11.7 Å². The first-order chi connectivity index (χ1) is 8.43. The van der Waals surface area contributed by atoms with E-state index in [2.05, 4.69) is 51.2 Å². The standard InChI is InChI=1S/C14H27N3S/c1-6-18-8-7-12(2)15-9-13-10-16-17(11-13)14(3,4)5/h10-12,15H,6-9H2,1-5H3. The Morgan fingerprint density at radius 1 is 1.44 bits per heavy atom. The lowest BCUT2D eigenvalue weighted by atomic mass is 10.1. The van der Waals surface area contributed by atoms with E-state index in [0.29, 0.717) is 6.04 Å². The van der Waals surface area contributed by atoms with Crippen LogP contribution >= 0.6 is 11.8 Å². The first-order valence-electron chi connectivity index (χ1n) is 6.78. The van der Waals surface area contributed by atoms with Gasteiger partial charge in [0.2, 0.25) is 0 Å². The molecule has 0 saturated carbocycles. The van der Waals surface area contributed by atoms with E-state index >= 15 is 0 Å². The van der Waals surface area contributed by atoms with Crippen molar-refractivity contribution in [1.29, 1.82) is 0 Å². The first-order valence-corrected chi connectivity index (χ1v) is 7.94. The van der Waals surface area contributed by atoms with Crippen LogP contribution in [-0.4, -0.2) is 27.3 Å². The van der Waals surface area contributed by atoms with Gasteiger partial charge in [0.25, 0.3) is 0 Å². The highest BCUT2D eigenvalue weighted by atomic mass is 32.2. The molecule has 0 aliphatic rings. The molecule has 4 heteroatoms. The second kappa shape index (κ2) is 7.19. The second-order valence-electron chi connectivity index (χ2n) is 5.73. The van der Waals surface area contributed by atoms with Crippen LogP contribution in [0.5, 0.6) is 0 Å².